The molecule has 1 aromatic heterocycles. The molecule has 0 radical (unpaired) electrons. The predicted molar refractivity (Wildman–Crippen MR) is 122 cm³/mol. The second-order valence-corrected chi connectivity index (χ2v) is 8.06. The van der Waals surface area contributed by atoms with Crippen molar-refractivity contribution in [3.05, 3.63) is 60.3 Å². The number of nitrogens with one attached hydrogen (secondary N) is 2. The summed E-state index contributed by atoms with van der Waals surface area (Å²) in [5.41, 5.74) is 1.26. The molecule has 3 heterocycles. The molecule has 2 fully saturated rings. The number of anilines is 1. The Balaban J connectivity index is 1.32. The Morgan fingerprint density at radius 1 is 1.10 bits per heavy atom. The van der Waals surface area contributed by atoms with Crippen LogP contribution in [0.3, 0.4) is 0 Å². The van der Waals surface area contributed by atoms with Gasteiger partial charge in [-0.3, -0.25) is 4.99 Å². The number of ether oxygens (including phenoxy) is 1. The van der Waals surface area contributed by atoms with Crippen molar-refractivity contribution < 1.29 is 4.74 Å². The van der Waals surface area contributed by atoms with Gasteiger partial charge in [-0.1, -0.05) is 36.4 Å². The number of benzene rings is 1. The summed E-state index contributed by atoms with van der Waals surface area (Å²) in [6.45, 7) is 6.60. The van der Waals surface area contributed by atoms with E-state index in [1.165, 1.54) is 5.56 Å². The lowest BCUT2D eigenvalue weighted by Crippen LogP contribution is -2.49. The van der Waals surface area contributed by atoms with Crippen molar-refractivity contribution >= 4 is 11.8 Å². The molecule has 0 saturated carbocycles. The third-order valence-corrected chi connectivity index (χ3v) is 5.98. The van der Waals surface area contributed by atoms with E-state index in [9.17, 15) is 0 Å². The van der Waals surface area contributed by atoms with Crippen molar-refractivity contribution in [3.63, 3.8) is 0 Å². The SMILES string of the molecule is CCNC(=NCC1CCOC1c1ccccc1)NC1CCN(c2ccccn2)CC1. The van der Waals surface area contributed by atoms with E-state index in [1.54, 1.807) is 0 Å². The van der Waals surface area contributed by atoms with Gasteiger partial charge in [0.05, 0.1) is 6.10 Å². The highest BCUT2D eigenvalue weighted by Crippen LogP contribution is 2.34. The Kier molecular flexibility index (Phi) is 7.19. The van der Waals surface area contributed by atoms with Gasteiger partial charge in [-0.15, -0.1) is 0 Å². The summed E-state index contributed by atoms with van der Waals surface area (Å²) in [6.07, 6.45) is 5.25. The zero-order chi connectivity index (χ0) is 20.6. The van der Waals surface area contributed by atoms with Gasteiger partial charge in [-0.25, -0.2) is 4.98 Å². The second-order valence-electron chi connectivity index (χ2n) is 8.06. The second kappa shape index (κ2) is 10.4. The molecule has 2 aromatic rings. The molecule has 6 heteroatoms. The molecule has 2 unspecified atom stereocenters. The minimum atomic E-state index is 0.152. The van der Waals surface area contributed by atoms with E-state index in [0.717, 1.165) is 63.8 Å². The van der Waals surface area contributed by atoms with Gasteiger partial charge in [0.25, 0.3) is 0 Å². The molecule has 0 aliphatic carbocycles. The summed E-state index contributed by atoms with van der Waals surface area (Å²) in [7, 11) is 0. The van der Waals surface area contributed by atoms with Gasteiger partial charge in [0.15, 0.2) is 5.96 Å². The fourth-order valence-corrected chi connectivity index (χ4v) is 4.35. The Bertz CT molecular complexity index is 790. The third kappa shape index (κ3) is 5.30. The van der Waals surface area contributed by atoms with Crippen LogP contribution < -0.4 is 15.5 Å². The van der Waals surface area contributed by atoms with Crippen molar-refractivity contribution in [2.75, 3.05) is 37.7 Å². The topological polar surface area (TPSA) is 61.8 Å². The van der Waals surface area contributed by atoms with Gasteiger partial charge in [0, 0.05) is 50.9 Å². The summed E-state index contributed by atoms with van der Waals surface area (Å²) in [5, 5.41) is 7.08. The number of nitrogens with zero attached hydrogens (tertiary/aromatic N) is 3. The van der Waals surface area contributed by atoms with E-state index in [-0.39, 0.29) is 6.10 Å². The first-order valence-corrected chi connectivity index (χ1v) is 11.2. The van der Waals surface area contributed by atoms with Crippen LogP contribution in [0, 0.1) is 5.92 Å². The molecule has 0 bridgehead atoms. The molecule has 2 saturated heterocycles. The van der Waals surface area contributed by atoms with Gasteiger partial charge in [-0.05, 0) is 43.9 Å². The van der Waals surface area contributed by atoms with E-state index >= 15 is 0 Å². The van der Waals surface area contributed by atoms with Crippen LogP contribution in [0.15, 0.2) is 59.7 Å². The maximum Gasteiger partial charge on any atom is 0.191 e. The molecule has 2 N–H and O–H groups in total. The quantitative estimate of drug-likeness (QED) is 0.568. The molecule has 4 rings (SSSR count). The molecule has 2 aliphatic heterocycles. The van der Waals surface area contributed by atoms with Crippen molar-refractivity contribution in [1.29, 1.82) is 0 Å². The lowest BCUT2D eigenvalue weighted by atomic mass is 9.95. The minimum absolute atomic E-state index is 0.152. The Labute approximate surface area is 179 Å². The molecule has 0 amide bonds. The Hall–Kier alpha value is -2.60. The number of aromatic nitrogens is 1. The minimum Gasteiger partial charge on any atom is -0.373 e. The van der Waals surface area contributed by atoms with Crippen molar-refractivity contribution in [2.45, 2.75) is 38.3 Å². The maximum atomic E-state index is 6.03. The van der Waals surface area contributed by atoms with Crippen LogP contribution >= 0.6 is 0 Å². The Morgan fingerprint density at radius 2 is 1.90 bits per heavy atom. The standard InChI is InChI=1S/C24H33N5O/c1-2-25-24(27-18-20-13-17-30-23(20)19-8-4-3-5-9-19)28-21-11-15-29(16-12-21)22-10-6-7-14-26-22/h3-10,14,20-21,23H,2,11-13,15-18H2,1H3,(H2,25,27,28). The number of hydrogen-bond donors (Lipinski definition) is 2. The zero-order valence-electron chi connectivity index (χ0n) is 17.8. The number of pyridine rings is 1. The Morgan fingerprint density at radius 3 is 2.63 bits per heavy atom. The van der Waals surface area contributed by atoms with Crippen molar-refractivity contribution in [3.8, 4) is 0 Å². The number of hydrogen-bond acceptors (Lipinski definition) is 4. The van der Waals surface area contributed by atoms with Crippen LogP contribution in [0.4, 0.5) is 5.82 Å². The number of aliphatic imine (C=N–C) groups is 1. The van der Waals surface area contributed by atoms with E-state index in [4.69, 9.17) is 9.73 Å². The summed E-state index contributed by atoms with van der Waals surface area (Å²) in [4.78, 5) is 11.8. The molecular weight excluding hydrogens is 374 g/mol. The normalized spacial score (nSPS) is 22.8. The maximum absolute atomic E-state index is 6.03. The average Bonchev–Trinajstić information content (AvgIpc) is 3.28. The monoisotopic (exact) mass is 407 g/mol. The molecule has 160 valence electrons. The summed E-state index contributed by atoms with van der Waals surface area (Å²) in [5.74, 6) is 2.42. The van der Waals surface area contributed by atoms with Crippen molar-refractivity contribution in [2.24, 2.45) is 10.9 Å². The zero-order valence-corrected chi connectivity index (χ0v) is 17.8. The highest BCUT2D eigenvalue weighted by Gasteiger charge is 2.29. The first-order valence-electron chi connectivity index (χ1n) is 11.2. The van der Waals surface area contributed by atoms with Gasteiger partial charge in [-0.2, -0.15) is 0 Å². The van der Waals surface area contributed by atoms with Gasteiger partial charge < -0.3 is 20.3 Å². The lowest BCUT2D eigenvalue weighted by Gasteiger charge is -2.33. The van der Waals surface area contributed by atoms with Crippen LogP contribution in [0.2, 0.25) is 0 Å². The summed E-state index contributed by atoms with van der Waals surface area (Å²) < 4.78 is 6.03. The highest BCUT2D eigenvalue weighted by molar-refractivity contribution is 5.80. The first kappa shape index (κ1) is 20.7. The van der Waals surface area contributed by atoms with E-state index in [0.29, 0.717) is 12.0 Å². The number of piperidine rings is 1. The van der Waals surface area contributed by atoms with Crippen LogP contribution in [0.5, 0.6) is 0 Å². The van der Waals surface area contributed by atoms with Crippen LogP contribution in [-0.4, -0.2) is 49.8 Å². The van der Waals surface area contributed by atoms with Gasteiger partial charge in [0.2, 0.25) is 0 Å². The molecule has 0 spiro atoms. The third-order valence-electron chi connectivity index (χ3n) is 5.98. The smallest absolute Gasteiger partial charge is 0.191 e. The van der Waals surface area contributed by atoms with Crippen LogP contribution in [-0.2, 0) is 4.74 Å². The molecule has 2 atom stereocenters. The van der Waals surface area contributed by atoms with Crippen LogP contribution in [0.25, 0.3) is 0 Å². The number of guanidine groups is 1. The molecular formula is C24H33N5O. The van der Waals surface area contributed by atoms with Gasteiger partial charge in [0.1, 0.15) is 5.82 Å². The van der Waals surface area contributed by atoms with E-state index < -0.39 is 0 Å². The fourth-order valence-electron chi connectivity index (χ4n) is 4.35. The molecule has 1 aromatic carbocycles. The molecule has 30 heavy (non-hydrogen) atoms. The van der Waals surface area contributed by atoms with Crippen molar-refractivity contribution in [1.82, 2.24) is 15.6 Å². The largest absolute Gasteiger partial charge is 0.373 e. The van der Waals surface area contributed by atoms with E-state index in [1.807, 2.05) is 12.3 Å². The fraction of sp³-hybridized carbons (Fsp3) is 0.500. The predicted octanol–water partition coefficient (Wildman–Crippen LogP) is 3.38. The number of rotatable bonds is 6. The summed E-state index contributed by atoms with van der Waals surface area (Å²) in [6, 6.07) is 17.1. The molecule has 2 aliphatic rings. The van der Waals surface area contributed by atoms with Crippen LogP contribution in [0.1, 0.15) is 37.9 Å². The van der Waals surface area contributed by atoms with E-state index in [2.05, 4.69) is 69.9 Å². The lowest BCUT2D eigenvalue weighted by molar-refractivity contribution is 0.0925. The first-order chi connectivity index (χ1) is 14.8. The van der Waals surface area contributed by atoms with Gasteiger partial charge >= 0.3 is 0 Å². The highest BCUT2D eigenvalue weighted by atomic mass is 16.5. The summed E-state index contributed by atoms with van der Waals surface area (Å²) >= 11 is 0. The average molecular weight is 408 g/mol. The molecule has 6 nitrogen and oxygen atoms in total.